The first-order valence-electron chi connectivity index (χ1n) is 26.8. The number of nitrogens with one attached hydrogen (secondary N) is 5. The van der Waals surface area contributed by atoms with Gasteiger partial charge < -0.3 is 92.7 Å². The highest BCUT2D eigenvalue weighted by molar-refractivity contribution is 6.32. The Morgan fingerprint density at radius 1 is 0.812 bits per heavy atom. The highest BCUT2D eigenvalue weighted by atomic mass is 35.5. The third-order valence-corrected chi connectivity index (χ3v) is 14.4. The monoisotopic (exact) mass is 1220 g/mol. The van der Waals surface area contributed by atoms with E-state index in [4.69, 9.17) is 53.6 Å². The number of amides is 6. The molecule has 16 N–H and O–H groups in total. The maximum absolute atomic E-state index is 14.2. The highest BCUT2D eigenvalue weighted by Crippen LogP contribution is 2.48. The van der Waals surface area contributed by atoms with Gasteiger partial charge in [0, 0.05) is 42.0 Å². The van der Waals surface area contributed by atoms with E-state index in [1.54, 1.807) is 14.0 Å². The van der Waals surface area contributed by atoms with Gasteiger partial charge in [-0.2, -0.15) is 0 Å². The van der Waals surface area contributed by atoms with Crippen molar-refractivity contribution in [2.75, 3.05) is 7.05 Å². The Hall–Kier alpha value is -8.43. The molecule has 5 aromatic carbocycles. The van der Waals surface area contributed by atoms with E-state index >= 15 is 0 Å². The predicted octanol–water partition coefficient (Wildman–Crippen LogP) is 4.16. The Labute approximate surface area is 496 Å². The van der Waals surface area contributed by atoms with Crippen molar-refractivity contribution in [3.05, 3.63) is 117 Å². The van der Waals surface area contributed by atoms with Gasteiger partial charge in [0.2, 0.25) is 47.5 Å². The van der Waals surface area contributed by atoms with Crippen molar-refractivity contribution in [2.45, 2.75) is 121 Å². The first-order chi connectivity index (χ1) is 40.2. The number of rotatable bonds is 20. The van der Waals surface area contributed by atoms with Crippen LogP contribution in [0, 0.1) is 5.92 Å². The van der Waals surface area contributed by atoms with Crippen molar-refractivity contribution in [1.29, 1.82) is 0 Å². The van der Waals surface area contributed by atoms with Crippen LogP contribution in [0.1, 0.15) is 98.9 Å². The van der Waals surface area contributed by atoms with Gasteiger partial charge in [-0.05, 0) is 109 Å². The average molecular weight is 1220 g/mol. The first kappa shape index (κ1) is 64.1. The molecule has 454 valence electrons. The molecule has 6 amide bonds. The van der Waals surface area contributed by atoms with Crippen molar-refractivity contribution < 1.29 is 88.3 Å². The maximum atomic E-state index is 14.2. The number of carboxylic acids is 1. The number of fused-ring (bicyclic) bond motifs is 9. The number of aliphatic hydroxyl groups is 3. The standard InChI is InChI=1S/C58H65Cl2N7O18/c1-5-36-55(77)66-49(54(62)76)29-19-42(82-40-11-7-26(16-34(40)59)8-13-45(73)65-50(58(80)81)33-21-30(68)22-39(71)48(33)32-15-27(17-44(61)72)6-10-38(32)70)53(85-47-24-31(69)23-46(74)84-47)43(20-29)83-41-12-9-28(18-35(41)60)52(75)51(57(79)64-36)67-56(78)37(63-4)14-25(2)3/h6-7,9-12,15-16,18-22,25,31,36-37,46-47,49-52,63,68-71,74-75H,5,8,13-14,17,23-24H2,1-4H3,(H2,61,72)(H2,62,76)(H,64,79)(H,65,73)(H,66,77)(H,67,78)(H,80,81)/t31-,36-,37+,46-,47-,49?,50-,51+,52+/m0/s1. The molecule has 8 rings (SSSR count). The fourth-order valence-electron chi connectivity index (χ4n) is 9.63. The van der Waals surface area contributed by atoms with Crippen LogP contribution < -0.4 is 52.3 Å². The third-order valence-electron chi connectivity index (χ3n) is 13.8. The second kappa shape index (κ2) is 28.0. The van der Waals surface area contributed by atoms with E-state index in [2.05, 4.69) is 26.6 Å². The number of aryl methyl sites for hydroxylation is 1. The molecule has 0 radical (unpaired) electrons. The van der Waals surface area contributed by atoms with Gasteiger partial charge in [-0.1, -0.05) is 62.2 Å². The van der Waals surface area contributed by atoms with Crippen LogP contribution in [0.5, 0.6) is 46.0 Å². The number of hydrogen-bond acceptors (Lipinski definition) is 18. The molecule has 1 saturated heterocycles. The van der Waals surface area contributed by atoms with Crippen molar-refractivity contribution in [3.63, 3.8) is 0 Å². The van der Waals surface area contributed by atoms with Crippen LogP contribution in [0.3, 0.4) is 0 Å². The van der Waals surface area contributed by atoms with Crippen molar-refractivity contribution in [3.8, 4) is 57.1 Å². The molecular formula is C58H65Cl2N7O18. The molecule has 27 heteroatoms. The van der Waals surface area contributed by atoms with Gasteiger partial charge in [0.25, 0.3) is 0 Å². The highest BCUT2D eigenvalue weighted by Gasteiger charge is 2.38. The molecule has 0 spiro atoms. The summed E-state index contributed by atoms with van der Waals surface area (Å²) in [5, 5.41) is 88.4. The molecule has 85 heavy (non-hydrogen) atoms. The van der Waals surface area contributed by atoms with Crippen LogP contribution in [-0.2, 0) is 51.1 Å². The van der Waals surface area contributed by atoms with E-state index in [0.717, 1.165) is 12.1 Å². The lowest BCUT2D eigenvalue weighted by atomic mass is 9.91. The number of ether oxygens (including phenoxy) is 4. The average Bonchev–Trinajstić information content (AvgIpc) is 3.52. The third kappa shape index (κ3) is 16.1. The minimum absolute atomic E-state index is 0.0320. The van der Waals surface area contributed by atoms with E-state index in [0.29, 0.717) is 17.5 Å². The Balaban J connectivity index is 1.23. The van der Waals surface area contributed by atoms with Crippen molar-refractivity contribution in [1.82, 2.24) is 26.6 Å². The fourth-order valence-corrected chi connectivity index (χ4v) is 10.1. The Bertz CT molecular complexity index is 3360. The van der Waals surface area contributed by atoms with Crippen LogP contribution in [0.2, 0.25) is 10.0 Å². The molecule has 25 nitrogen and oxygen atoms in total. The molecular weight excluding hydrogens is 1150 g/mol. The van der Waals surface area contributed by atoms with Gasteiger partial charge in [0.05, 0.1) is 28.6 Å². The van der Waals surface area contributed by atoms with Gasteiger partial charge in [-0.3, -0.25) is 28.8 Å². The molecule has 4 bridgehead atoms. The second-order valence-corrected chi connectivity index (χ2v) is 21.6. The number of aromatic hydroxyl groups is 3. The summed E-state index contributed by atoms with van der Waals surface area (Å²) in [6.45, 7) is 5.35. The number of halogens is 2. The summed E-state index contributed by atoms with van der Waals surface area (Å²) < 4.78 is 24.7. The number of aliphatic carboxylic acids is 1. The molecule has 0 aromatic heterocycles. The Morgan fingerprint density at radius 2 is 1.54 bits per heavy atom. The van der Waals surface area contributed by atoms with Gasteiger partial charge in [0.15, 0.2) is 23.8 Å². The largest absolute Gasteiger partial charge is 0.508 e. The number of hydrogen-bond donors (Lipinski definition) is 14. The Morgan fingerprint density at radius 3 is 2.18 bits per heavy atom. The normalized spacial score (nSPS) is 20.5. The van der Waals surface area contributed by atoms with Gasteiger partial charge in [-0.15, -0.1) is 0 Å². The topological polar surface area (TPSA) is 410 Å². The molecule has 3 aliphatic heterocycles. The number of nitrogens with two attached hydrogens (primary N) is 2. The summed E-state index contributed by atoms with van der Waals surface area (Å²) in [5.41, 5.74) is 11.3. The Kier molecular flexibility index (Phi) is 21.1. The van der Waals surface area contributed by atoms with E-state index < -0.39 is 114 Å². The van der Waals surface area contributed by atoms with Crippen LogP contribution >= 0.6 is 23.2 Å². The predicted molar refractivity (Wildman–Crippen MR) is 304 cm³/mol. The van der Waals surface area contributed by atoms with E-state index in [-0.39, 0.29) is 111 Å². The lowest BCUT2D eigenvalue weighted by molar-refractivity contribution is -0.242. The van der Waals surface area contributed by atoms with Gasteiger partial charge in [-0.25, -0.2) is 4.79 Å². The summed E-state index contributed by atoms with van der Waals surface area (Å²) >= 11 is 13.7. The number of carbonyl (C=O) groups excluding carboxylic acids is 6. The maximum Gasteiger partial charge on any atom is 0.330 e. The van der Waals surface area contributed by atoms with Crippen LogP contribution in [0.25, 0.3) is 11.1 Å². The van der Waals surface area contributed by atoms with E-state index in [9.17, 15) is 69.3 Å². The molecule has 5 aromatic rings. The summed E-state index contributed by atoms with van der Waals surface area (Å²) in [6, 6.07) is 9.03. The number of phenols is 3. The molecule has 9 atom stereocenters. The minimum Gasteiger partial charge on any atom is -0.508 e. The van der Waals surface area contributed by atoms with E-state index in [1.165, 1.54) is 66.7 Å². The first-order valence-corrected chi connectivity index (χ1v) is 27.5. The molecule has 1 unspecified atom stereocenters. The number of carbonyl (C=O) groups is 7. The number of carboxylic acid groups (broad SMARTS) is 1. The minimum atomic E-state index is -1.91. The molecule has 1 fully saturated rings. The summed E-state index contributed by atoms with van der Waals surface area (Å²) in [4.78, 5) is 93.5. The van der Waals surface area contributed by atoms with Crippen LogP contribution in [-0.4, -0.2) is 121 Å². The number of likely N-dealkylation sites (N-methyl/N-ethyl adjacent to an activating group) is 1. The number of primary amides is 2. The number of benzene rings is 5. The van der Waals surface area contributed by atoms with Crippen LogP contribution in [0.4, 0.5) is 0 Å². The zero-order valence-electron chi connectivity index (χ0n) is 46.3. The molecule has 0 saturated carbocycles. The molecule has 3 aliphatic rings. The zero-order valence-corrected chi connectivity index (χ0v) is 47.8. The van der Waals surface area contributed by atoms with Gasteiger partial charge in [0.1, 0.15) is 53.0 Å². The lowest BCUT2D eigenvalue weighted by Gasteiger charge is -2.32. The van der Waals surface area contributed by atoms with Crippen LogP contribution in [0.15, 0.2) is 78.9 Å². The van der Waals surface area contributed by atoms with Crippen molar-refractivity contribution >= 4 is 64.6 Å². The SMILES string of the molecule is CC[C@@H]1NC(=O)[C@H](NC(=O)[C@@H](CC(C)C)NC)[C@H](O)c2ccc(c(Cl)c2)Oc2cc(cc(Oc3ccc(CCC(=O)N[C@H](C(=O)O)c4cc(O)cc(O)c4-c4cc(CC(N)=O)ccc4O)cc3Cl)c2O[C@H]2C[C@@H](O)C[C@@H](O)O2)C(C(N)=O)NC1=O. The summed E-state index contributed by atoms with van der Waals surface area (Å²) in [5.74, 6) is -9.53. The van der Waals surface area contributed by atoms with E-state index in [1.807, 2.05) is 13.8 Å². The lowest BCUT2D eigenvalue weighted by Crippen LogP contribution is -2.58. The summed E-state index contributed by atoms with van der Waals surface area (Å²) in [6.07, 6.45) is -6.54. The van der Waals surface area contributed by atoms with Crippen molar-refractivity contribution in [2.24, 2.45) is 17.4 Å². The zero-order chi connectivity index (χ0) is 62.1. The second-order valence-electron chi connectivity index (χ2n) is 20.7. The quantitative estimate of drug-likeness (QED) is 0.0520. The number of aliphatic hydroxyl groups excluding tert-OH is 3. The number of phenolic OH excluding ortho intramolecular Hbond substituents is 3. The molecule has 3 heterocycles. The smallest absolute Gasteiger partial charge is 0.330 e. The summed E-state index contributed by atoms with van der Waals surface area (Å²) in [7, 11) is 1.56. The van der Waals surface area contributed by atoms with Gasteiger partial charge >= 0.3 is 5.97 Å². The fraction of sp³-hybridized carbons (Fsp3) is 0.362. The molecule has 0 aliphatic carbocycles.